The third-order valence-corrected chi connectivity index (χ3v) is 7.57. The number of halogens is 2. The fourth-order valence-electron chi connectivity index (χ4n) is 5.06. The zero-order valence-electron chi connectivity index (χ0n) is 19.1. The van der Waals surface area contributed by atoms with Crippen LogP contribution in [-0.4, -0.2) is 60.0 Å². The first-order valence-corrected chi connectivity index (χ1v) is 12.4. The molecule has 3 aliphatic rings. The van der Waals surface area contributed by atoms with Gasteiger partial charge in [0.2, 0.25) is 5.91 Å². The Morgan fingerprint density at radius 2 is 2.00 bits per heavy atom. The van der Waals surface area contributed by atoms with E-state index in [0.29, 0.717) is 37.0 Å². The van der Waals surface area contributed by atoms with Crippen molar-refractivity contribution in [2.75, 3.05) is 44.2 Å². The maximum atomic E-state index is 14.2. The highest BCUT2D eigenvalue weighted by Gasteiger charge is 2.32. The number of carbonyl (C=O) groups is 1. The zero-order chi connectivity index (χ0) is 22.9. The third kappa shape index (κ3) is 4.85. The fraction of sp³-hybridized carbons (Fsp3) is 0.560. The van der Waals surface area contributed by atoms with Crippen LogP contribution >= 0.6 is 11.6 Å². The van der Waals surface area contributed by atoms with Crippen molar-refractivity contribution in [3.05, 3.63) is 52.2 Å². The van der Waals surface area contributed by atoms with Crippen molar-refractivity contribution in [1.82, 2.24) is 20.2 Å². The molecule has 0 bridgehead atoms. The van der Waals surface area contributed by atoms with E-state index in [4.69, 9.17) is 11.6 Å². The number of nitrogens with one attached hydrogen (secondary N) is 1. The van der Waals surface area contributed by atoms with E-state index in [2.05, 4.69) is 27.1 Å². The van der Waals surface area contributed by atoms with Crippen LogP contribution in [0.25, 0.3) is 0 Å². The smallest absolute Gasteiger partial charge is 0.231 e. The molecule has 5 rings (SSSR count). The van der Waals surface area contributed by atoms with E-state index >= 15 is 0 Å². The summed E-state index contributed by atoms with van der Waals surface area (Å²) >= 11 is 5.89. The quantitative estimate of drug-likeness (QED) is 0.666. The molecule has 0 radical (unpaired) electrons. The SMILES string of the molecule is C[C@@H]1CCc2ncnc(N3CCN(C(=O)[C@H](CNCC4CC4)c4ccc(Cl)c(F)c4)CC3)c21. The molecule has 2 aromatic rings. The van der Waals surface area contributed by atoms with Crippen LogP contribution in [0.4, 0.5) is 10.2 Å². The highest BCUT2D eigenvalue weighted by Crippen LogP contribution is 2.37. The highest BCUT2D eigenvalue weighted by molar-refractivity contribution is 6.30. The van der Waals surface area contributed by atoms with Gasteiger partial charge in [0, 0.05) is 44.0 Å². The summed E-state index contributed by atoms with van der Waals surface area (Å²) in [7, 11) is 0. The van der Waals surface area contributed by atoms with E-state index < -0.39 is 11.7 Å². The molecule has 8 heteroatoms. The summed E-state index contributed by atoms with van der Waals surface area (Å²) in [5.74, 6) is 1.34. The van der Waals surface area contributed by atoms with Crippen molar-refractivity contribution < 1.29 is 9.18 Å². The van der Waals surface area contributed by atoms with Crippen LogP contribution in [0.2, 0.25) is 5.02 Å². The average Bonchev–Trinajstić information content (AvgIpc) is 3.58. The number of benzene rings is 1. The summed E-state index contributed by atoms with van der Waals surface area (Å²) in [6, 6.07) is 4.72. The number of piperazine rings is 1. The summed E-state index contributed by atoms with van der Waals surface area (Å²) in [5.41, 5.74) is 3.11. The predicted octanol–water partition coefficient (Wildman–Crippen LogP) is 3.75. The molecule has 1 aliphatic heterocycles. The molecule has 1 saturated heterocycles. The first-order valence-electron chi connectivity index (χ1n) is 12.0. The molecule has 6 nitrogen and oxygen atoms in total. The molecule has 1 amide bonds. The minimum absolute atomic E-state index is 0.0425. The summed E-state index contributed by atoms with van der Waals surface area (Å²) in [5, 5.41) is 3.52. The van der Waals surface area contributed by atoms with E-state index in [0.717, 1.165) is 44.0 Å². The lowest BCUT2D eigenvalue weighted by Gasteiger charge is -2.38. The number of amides is 1. The Morgan fingerprint density at radius 3 is 2.73 bits per heavy atom. The van der Waals surface area contributed by atoms with Gasteiger partial charge in [0.1, 0.15) is 18.0 Å². The fourth-order valence-corrected chi connectivity index (χ4v) is 5.18. The van der Waals surface area contributed by atoms with Crippen LogP contribution in [-0.2, 0) is 11.2 Å². The molecule has 33 heavy (non-hydrogen) atoms. The van der Waals surface area contributed by atoms with Gasteiger partial charge in [-0.3, -0.25) is 4.79 Å². The molecule has 2 heterocycles. The second kappa shape index (κ2) is 9.55. The van der Waals surface area contributed by atoms with Crippen LogP contribution in [0.5, 0.6) is 0 Å². The lowest BCUT2D eigenvalue weighted by molar-refractivity contribution is -0.133. The van der Waals surface area contributed by atoms with E-state index in [1.807, 2.05) is 4.90 Å². The zero-order valence-corrected chi connectivity index (χ0v) is 19.8. The second-order valence-electron chi connectivity index (χ2n) is 9.64. The average molecular weight is 472 g/mol. The molecule has 2 atom stereocenters. The summed E-state index contributed by atoms with van der Waals surface area (Å²) in [4.78, 5) is 26.8. The lowest BCUT2D eigenvalue weighted by Crippen LogP contribution is -2.51. The van der Waals surface area contributed by atoms with Crippen molar-refractivity contribution in [2.45, 2.75) is 44.4 Å². The van der Waals surface area contributed by atoms with Gasteiger partial charge in [-0.25, -0.2) is 14.4 Å². The molecule has 0 spiro atoms. The number of aromatic nitrogens is 2. The van der Waals surface area contributed by atoms with Gasteiger partial charge in [-0.1, -0.05) is 24.6 Å². The van der Waals surface area contributed by atoms with Crippen LogP contribution in [0, 0.1) is 11.7 Å². The maximum Gasteiger partial charge on any atom is 0.231 e. The van der Waals surface area contributed by atoms with Gasteiger partial charge in [-0.05, 0) is 61.8 Å². The Balaban J connectivity index is 1.28. The molecule has 2 aliphatic carbocycles. The standard InChI is InChI=1S/C25H31ClFN5O/c1-16-2-7-22-23(16)24(30-15-29-22)31-8-10-32(11-9-31)25(33)19(14-28-13-17-3-4-17)18-5-6-20(26)21(27)12-18/h5-6,12,15-17,19,28H,2-4,7-11,13-14H2,1H3/t16-,19-/m1/s1. The Kier molecular flexibility index (Phi) is 6.52. The van der Waals surface area contributed by atoms with E-state index in [9.17, 15) is 9.18 Å². The first kappa shape index (κ1) is 22.5. The Bertz CT molecular complexity index is 1020. The van der Waals surface area contributed by atoms with Crippen LogP contribution in [0.1, 0.15) is 54.8 Å². The molecular formula is C25H31ClFN5O. The molecule has 1 aromatic carbocycles. The Hall–Kier alpha value is -2.25. The van der Waals surface area contributed by atoms with Gasteiger partial charge in [0.25, 0.3) is 0 Å². The van der Waals surface area contributed by atoms with Gasteiger partial charge in [0.15, 0.2) is 0 Å². The minimum Gasteiger partial charge on any atom is -0.353 e. The minimum atomic E-state index is -0.481. The molecule has 176 valence electrons. The van der Waals surface area contributed by atoms with Crippen molar-refractivity contribution >= 4 is 23.3 Å². The normalized spacial score (nSPS) is 21.2. The van der Waals surface area contributed by atoms with Gasteiger partial charge >= 0.3 is 0 Å². The summed E-state index contributed by atoms with van der Waals surface area (Å²) in [6.45, 7) is 6.38. The number of fused-ring (bicyclic) bond motifs is 1. The molecule has 1 aromatic heterocycles. The van der Waals surface area contributed by atoms with Crippen molar-refractivity contribution in [1.29, 1.82) is 0 Å². The van der Waals surface area contributed by atoms with Crippen molar-refractivity contribution in [3.8, 4) is 0 Å². The lowest BCUT2D eigenvalue weighted by atomic mass is 9.96. The number of anilines is 1. The third-order valence-electron chi connectivity index (χ3n) is 7.27. The van der Waals surface area contributed by atoms with Crippen molar-refractivity contribution in [3.63, 3.8) is 0 Å². The summed E-state index contributed by atoms with van der Waals surface area (Å²) in [6.07, 6.45) is 6.29. The van der Waals surface area contributed by atoms with Gasteiger partial charge in [-0.15, -0.1) is 0 Å². The largest absolute Gasteiger partial charge is 0.353 e. The van der Waals surface area contributed by atoms with Crippen LogP contribution in [0.15, 0.2) is 24.5 Å². The van der Waals surface area contributed by atoms with Gasteiger partial charge in [-0.2, -0.15) is 0 Å². The first-order chi connectivity index (χ1) is 16.0. The van der Waals surface area contributed by atoms with Crippen molar-refractivity contribution in [2.24, 2.45) is 5.92 Å². The highest BCUT2D eigenvalue weighted by atomic mass is 35.5. The van der Waals surface area contributed by atoms with Gasteiger partial charge < -0.3 is 15.1 Å². The molecule has 1 saturated carbocycles. The molecular weight excluding hydrogens is 441 g/mol. The second-order valence-corrected chi connectivity index (χ2v) is 10.0. The van der Waals surface area contributed by atoms with Crippen LogP contribution < -0.4 is 10.2 Å². The number of nitrogens with zero attached hydrogens (tertiary/aromatic N) is 4. The number of aryl methyl sites for hydroxylation is 1. The van der Waals surface area contributed by atoms with E-state index in [1.165, 1.54) is 24.5 Å². The topological polar surface area (TPSA) is 61.4 Å². The summed E-state index contributed by atoms with van der Waals surface area (Å²) < 4.78 is 14.2. The van der Waals surface area contributed by atoms with E-state index in [-0.39, 0.29) is 10.9 Å². The Morgan fingerprint density at radius 1 is 1.21 bits per heavy atom. The number of hydrogen-bond acceptors (Lipinski definition) is 5. The molecule has 1 N–H and O–H groups in total. The number of hydrogen-bond donors (Lipinski definition) is 1. The monoisotopic (exact) mass is 471 g/mol. The van der Waals surface area contributed by atoms with Gasteiger partial charge in [0.05, 0.1) is 10.9 Å². The molecule has 0 unspecified atom stereocenters. The Labute approximate surface area is 199 Å². The number of carbonyl (C=O) groups excluding carboxylic acids is 1. The van der Waals surface area contributed by atoms with Crippen LogP contribution in [0.3, 0.4) is 0 Å². The maximum absolute atomic E-state index is 14.2. The molecule has 2 fully saturated rings. The number of rotatable bonds is 7. The predicted molar refractivity (Wildman–Crippen MR) is 127 cm³/mol. The van der Waals surface area contributed by atoms with E-state index in [1.54, 1.807) is 18.5 Å².